The lowest BCUT2D eigenvalue weighted by molar-refractivity contribution is -0.0688. The van der Waals surface area contributed by atoms with E-state index in [1.165, 1.54) is 38.5 Å². The van der Waals surface area contributed by atoms with Gasteiger partial charge >= 0.3 is 0 Å². The van der Waals surface area contributed by atoms with E-state index in [1.807, 2.05) is 19.1 Å². The summed E-state index contributed by atoms with van der Waals surface area (Å²) in [6.07, 6.45) is 8.26. The van der Waals surface area contributed by atoms with Gasteiger partial charge in [-0.1, -0.05) is 17.7 Å². The van der Waals surface area contributed by atoms with Crippen molar-refractivity contribution in [1.29, 1.82) is 0 Å². The van der Waals surface area contributed by atoms with Crippen LogP contribution in [-0.2, 0) is 0 Å². The Morgan fingerprint density at radius 3 is 2.26 bits per heavy atom. The number of hydrogen-bond donors (Lipinski definition) is 1. The van der Waals surface area contributed by atoms with Gasteiger partial charge < -0.3 is 5.32 Å². The summed E-state index contributed by atoms with van der Waals surface area (Å²) in [4.78, 5) is 12.6. The Balaban J connectivity index is 1.50. The molecule has 4 aliphatic rings. The zero-order valence-electron chi connectivity index (χ0n) is 14.1. The Morgan fingerprint density at radius 1 is 1.17 bits per heavy atom. The van der Waals surface area contributed by atoms with Gasteiger partial charge in [0.05, 0.1) is 0 Å². The number of halogens is 1. The first-order valence-corrected chi connectivity index (χ1v) is 9.40. The highest BCUT2D eigenvalue weighted by atomic mass is 35.5. The Hall–Kier alpha value is -1.02. The van der Waals surface area contributed by atoms with Crippen LogP contribution in [0.5, 0.6) is 0 Å². The SMILES string of the molecule is Cc1ccc(C(=O)N[C@@H](C)C23CC4CC(CC(C4)C2)C3)cc1Cl. The van der Waals surface area contributed by atoms with Crippen LogP contribution in [0, 0.1) is 30.1 Å². The van der Waals surface area contributed by atoms with Crippen molar-refractivity contribution in [3.8, 4) is 0 Å². The van der Waals surface area contributed by atoms with Crippen LogP contribution in [0.25, 0.3) is 0 Å². The third kappa shape index (κ3) is 2.69. The fourth-order valence-corrected chi connectivity index (χ4v) is 6.06. The Morgan fingerprint density at radius 2 is 1.74 bits per heavy atom. The molecule has 0 spiro atoms. The fraction of sp³-hybridized carbons (Fsp3) is 0.650. The Bertz CT molecular complexity index is 603. The van der Waals surface area contributed by atoms with Crippen molar-refractivity contribution in [2.75, 3.05) is 0 Å². The quantitative estimate of drug-likeness (QED) is 0.831. The van der Waals surface area contributed by atoms with E-state index in [2.05, 4.69) is 12.2 Å². The van der Waals surface area contributed by atoms with Gasteiger partial charge in [-0.25, -0.2) is 0 Å². The molecule has 2 nitrogen and oxygen atoms in total. The zero-order valence-corrected chi connectivity index (χ0v) is 14.8. The predicted molar refractivity (Wildman–Crippen MR) is 93.7 cm³/mol. The molecule has 3 heteroatoms. The monoisotopic (exact) mass is 331 g/mol. The number of carbonyl (C=O) groups excluding carboxylic acids is 1. The van der Waals surface area contributed by atoms with Crippen molar-refractivity contribution in [3.05, 3.63) is 34.3 Å². The van der Waals surface area contributed by atoms with Crippen molar-refractivity contribution >= 4 is 17.5 Å². The number of amides is 1. The average molecular weight is 332 g/mol. The highest BCUT2D eigenvalue weighted by Gasteiger charge is 2.53. The first-order valence-electron chi connectivity index (χ1n) is 9.02. The summed E-state index contributed by atoms with van der Waals surface area (Å²) in [7, 11) is 0. The summed E-state index contributed by atoms with van der Waals surface area (Å²) in [6, 6.07) is 5.84. The van der Waals surface area contributed by atoms with Gasteiger partial charge in [-0.15, -0.1) is 0 Å². The molecule has 1 aromatic carbocycles. The minimum Gasteiger partial charge on any atom is -0.349 e. The molecule has 4 bridgehead atoms. The van der Waals surface area contributed by atoms with Crippen molar-refractivity contribution in [1.82, 2.24) is 5.32 Å². The maximum Gasteiger partial charge on any atom is 0.251 e. The number of rotatable bonds is 3. The third-order valence-corrected chi connectivity index (χ3v) is 7.19. The normalized spacial score (nSPS) is 36.0. The van der Waals surface area contributed by atoms with Crippen LogP contribution >= 0.6 is 11.6 Å². The van der Waals surface area contributed by atoms with E-state index >= 15 is 0 Å². The lowest BCUT2D eigenvalue weighted by atomic mass is 9.48. The number of benzene rings is 1. The van der Waals surface area contributed by atoms with E-state index in [0.717, 1.165) is 23.3 Å². The smallest absolute Gasteiger partial charge is 0.251 e. The molecule has 1 N–H and O–H groups in total. The standard InChI is InChI=1S/C20H26ClNO/c1-12-3-4-17(8-18(12)21)19(23)22-13(2)20-9-14-5-15(10-20)7-16(6-14)11-20/h3-4,8,13-16H,5-7,9-11H2,1-2H3,(H,22,23)/t13-,14?,15?,16?,20?/m0/s1. The molecule has 1 atom stereocenters. The number of hydrogen-bond acceptors (Lipinski definition) is 1. The molecule has 23 heavy (non-hydrogen) atoms. The predicted octanol–water partition coefficient (Wildman–Crippen LogP) is 4.98. The summed E-state index contributed by atoms with van der Waals surface area (Å²) in [5.41, 5.74) is 2.04. The average Bonchev–Trinajstić information content (AvgIpc) is 2.48. The molecule has 0 heterocycles. The van der Waals surface area contributed by atoms with Gasteiger partial charge in [-0.05, 0) is 93.2 Å². The summed E-state index contributed by atoms with van der Waals surface area (Å²) >= 11 is 6.17. The Labute approximate surface area is 144 Å². The molecule has 124 valence electrons. The van der Waals surface area contributed by atoms with Crippen LogP contribution < -0.4 is 5.32 Å². The Kier molecular flexibility index (Phi) is 3.72. The topological polar surface area (TPSA) is 29.1 Å². The van der Waals surface area contributed by atoms with E-state index in [1.54, 1.807) is 6.07 Å². The second-order valence-corrected chi connectivity index (χ2v) is 8.85. The van der Waals surface area contributed by atoms with Crippen LogP contribution in [0.4, 0.5) is 0 Å². The van der Waals surface area contributed by atoms with Crippen LogP contribution in [0.2, 0.25) is 5.02 Å². The van der Waals surface area contributed by atoms with Gasteiger partial charge in [0.25, 0.3) is 5.91 Å². The molecular formula is C20H26ClNO. The molecule has 1 amide bonds. The van der Waals surface area contributed by atoms with Crippen molar-refractivity contribution < 1.29 is 4.79 Å². The van der Waals surface area contributed by atoms with Crippen LogP contribution in [0.1, 0.15) is 61.4 Å². The van der Waals surface area contributed by atoms with E-state index in [-0.39, 0.29) is 11.9 Å². The highest BCUT2D eigenvalue weighted by molar-refractivity contribution is 6.31. The van der Waals surface area contributed by atoms with Crippen molar-refractivity contribution in [2.45, 2.75) is 58.4 Å². The molecule has 5 rings (SSSR count). The van der Waals surface area contributed by atoms with Gasteiger partial charge in [-0.3, -0.25) is 4.79 Å². The second-order valence-electron chi connectivity index (χ2n) is 8.44. The highest BCUT2D eigenvalue weighted by Crippen LogP contribution is 2.61. The lowest BCUT2D eigenvalue weighted by Crippen LogP contribution is -2.55. The van der Waals surface area contributed by atoms with E-state index in [0.29, 0.717) is 16.0 Å². The van der Waals surface area contributed by atoms with Crippen LogP contribution in [0.3, 0.4) is 0 Å². The molecule has 1 aromatic rings. The minimum absolute atomic E-state index is 0.0233. The molecule has 0 unspecified atom stereocenters. The zero-order chi connectivity index (χ0) is 16.2. The molecule has 0 aliphatic heterocycles. The van der Waals surface area contributed by atoms with Crippen LogP contribution in [-0.4, -0.2) is 11.9 Å². The first-order chi connectivity index (χ1) is 10.9. The van der Waals surface area contributed by atoms with Gasteiger partial charge in [0.15, 0.2) is 0 Å². The largest absolute Gasteiger partial charge is 0.349 e. The molecule has 4 saturated carbocycles. The van der Waals surface area contributed by atoms with Gasteiger partial charge in [0.1, 0.15) is 0 Å². The van der Waals surface area contributed by atoms with Gasteiger partial charge in [0.2, 0.25) is 0 Å². The summed E-state index contributed by atoms with van der Waals surface area (Å²) in [5, 5.41) is 3.97. The number of aryl methyl sites for hydroxylation is 1. The van der Waals surface area contributed by atoms with Crippen molar-refractivity contribution in [3.63, 3.8) is 0 Å². The van der Waals surface area contributed by atoms with Gasteiger partial charge in [0, 0.05) is 16.6 Å². The summed E-state index contributed by atoms with van der Waals surface area (Å²) in [6.45, 7) is 4.18. The molecule has 0 radical (unpaired) electrons. The molecule has 4 fully saturated rings. The third-order valence-electron chi connectivity index (χ3n) is 6.79. The van der Waals surface area contributed by atoms with Crippen molar-refractivity contribution in [2.24, 2.45) is 23.2 Å². The van der Waals surface area contributed by atoms with Gasteiger partial charge in [-0.2, -0.15) is 0 Å². The number of nitrogens with one attached hydrogen (secondary N) is 1. The number of carbonyl (C=O) groups is 1. The fourth-order valence-electron chi connectivity index (χ4n) is 5.88. The minimum atomic E-state index is 0.0233. The second kappa shape index (κ2) is 5.51. The molecule has 0 saturated heterocycles. The van der Waals surface area contributed by atoms with E-state index in [9.17, 15) is 4.79 Å². The maximum absolute atomic E-state index is 12.6. The van der Waals surface area contributed by atoms with Crippen LogP contribution in [0.15, 0.2) is 18.2 Å². The molecule has 0 aromatic heterocycles. The lowest BCUT2D eigenvalue weighted by Gasteiger charge is -2.59. The summed E-state index contributed by atoms with van der Waals surface area (Å²) in [5.74, 6) is 2.76. The maximum atomic E-state index is 12.6. The molecule has 4 aliphatic carbocycles. The first kappa shape index (κ1) is 15.5. The summed E-state index contributed by atoms with van der Waals surface area (Å²) < 4.78 is 0. The molecular weight excluding hydrogens is 306 g/mol. The van der Waals surface area contributed by atoms with E-state index < -0.39 is 0 Å². The van der Waals surface area contributed by atoms with E-state index in [4.69, 9.17) is 11.6 Å².